The molecule has 1 N–H and O–H groups in total. The molecule has 3 aromatic rings. The molecule has 0 radical (unpaired) electrons. The summed E-state index contributed by atoms with van der Waals surface area (Å²) in [6, 6.07) is 13.0. The van der Waals surface area contributed by atoms with E-state index in [1.807, 2.05) is 24.3 Å². The molecule has 6 nitrogen and oxygen atoms in total. The van der Waals surface area contributed by atoms with E-state index in [0.717, 1.165) is 5.56 Å². The number of fused-ring (bicyclic) bond motifs is 1. The molecule has 1 atom stereocenters. The average molecular weight is 459 g/mol. The molecule has 0 spiro atoms. The van der Waals surface area contributed by atoms with Gasteiger partial charge in [0.25, 0.3) is 0 Å². The first-order valence-electron chi connectivity index (χ1n) is 9.70. The fraction of sp³-hybridized carbons (Fsp3) is 0.227. The molecule has 2 aromatic carbocycles. The zero-order chi connectivity index (χ0) is 22.0. The number of anilines is 1. The number of carbonyl (C=O) groups excluding carboxylic acids is 1. The van der Waals surface area contributed by atoms with Crippen LogP contribution < -0.4 is 5.32 Å². The number of rotatable bonds is 6. The first kappa shape index (κ1) is 21.4. The van der Waals surface area contributed by atoms with E-state index in [4.69, 9.17) is 16.3 Å². The zero-order valence-electron chi connectivity index (χ0n) is 16.9. The number of nitrogens with zero attached hydrogens (tertiary/aromatic N) is 3. The lowest BCUT2D eigenvalue weighted by Gasteiger charge is -2.28. The minimum atomic E-state index is -0.580. The molecular formula is C22H20ClFN4O2S. The first-order chi connectivity index (χ1) is 15.0. The van der Waals surface area contributed by atoms with E-state index in [-0.39, 0.29) is 12.4 Å². The maximum absolute atomic E-state index is 13.5. The van der Waals surface area contributed by atoms with Crippen LogP contribution in [0.5, 0.6) is 0 Å². The highest BCUT2D eigenvalue weighted by atomic mass is 35.5. The third-order valence-electron chi connectivity index (χ3n) is 4.77. The van der Waals surface area contributed by atoms with Gasteiger partial charge in [0.05, 0.1) is 12.2 Å². The Morgan fingerprint density at radius 2 is 2.06 bits per heavy atom. The van der Waals surface area contributed by atoms with Crippen LogP contribution in [-0.2, 0) is 15.3 Å². The predicted molar refractivity (Wildman–Crippen MR) is 119 cm³/mol. The van der Waals surface area contributed by atoms with Gasteiger partial charge in [0.2, 0.25) is 11.1 Å². The Balaban J connectivity index is 1.68. The van der Waals surface area contributed by atoms with E-state index in [1.165, 1.54) is 23.9 Å². The van der Waals surface area contributed by atoms with Gasteiger partial charge in [-0.3, -0.25) is 0 Å². The van der Waals surface area contributed by atoms with Crippen molar-refractivity contribution < 1.29 is 13.9 Å². The van der Waals surface area contributed by atoms with Crippen molar-refractivity contribution in [2.45, 2.75) is 30.8 Å². The fourth-order valence-corrected chi connectivity index (χ4v) is 4.38. The molecule has 2 heterocycles. The molecule has 9 heteroatoms. The van der Waals surface area contributed by atoms with Gasteiger partial charge in [0.1, 0.15) is 11.9 Å². The quantitative estimate of drug-likeness (QED) is 0.403. The second-order valence-corrected chi connectivity index (χ2v) is 8.30. The number of aromatic nitrogens is 3. The molecule has 0 fully saturated rings. The Hall–Kier alpha value is -2.84. The fourth-order valence-electron chi connectivity index (χ4n) is 3.39. The van der Waals surface area contributed by atoms with E-state index in [1.54, 1.807) is 30.7 Å². The van der Waals surface area contributed by atoms with E-state index in [2.05, 4.69) is 15.4 Å². The number of thioether (sulfide) groups is 1. The third-order valence-corrected chi connectivity index (χ3v) is 5.92. The second kappa shape index (κ2) is 9.11. The topological polar surface area (TPSA) is 69.0 Å². The van der Waals surface area contributed by atoms with Crippen molar-refractivity contribution in [1.82, 2.24) is 14.8 Å². The van der Waals surface area contributed by atoms with Gasteiger partial charge in [0, 0.05) is 16.5 Å². The summed E-state index contributed by atoms with van der Waals surface area (Å²) in [6.07, 6.45) is 0. The van der Waals surface area contributed by atoms with Crippen LogP contribution in [0.2, 0.25) is 5.02 Å². The first-order valence-corrected chi connectivity index (χ1v) is 11.1. The molecule has 0 amide bonds. The predicted octanol–water partition coefficient (Wildman–Crippen LogP) is 5.21. The van der Waals surface area contributed by atoms with Crippen LogP contribution >= 0.6 is 23.4 Å². The number of nitrogens with one attached hydrogen (secondary N) is 1. The van der Waals surface area contributed by atoms with Crippen LogP contribution in [0.15, 0.2) is 65.0 Å². The van der Waals surface area contributed by atoms with Crippen molar-refractivity contribution in [2.75, 3.05) is 11.9 Å². The molecule has 1 aliphatic heterocycles. The maximum atomic E-state index is 13.5. The van der Waals surface area contributed by atoms with Crippen LogP contribution in [0.3, 0.4) is 0 Å². The highest BCUT2D eigenvalue weighted by Crippen LogP contribution is 2.37. The van der Waals surface area contributed by atoms with Crippen molar-refractivity contribution >= 4 is 35.3 Å². The standard InChI is InChI=1S/C22H20ClFN4O2S/c1-3-30-20(29)18-13(2)25-21-26-22(31-12-14-5-4-6-16(23)11-14)27-28(21)19(18)15-7-9-17(24)10-8-15/h4-11,19H,3,12H2,1-2H3,(H,25,26,27). The van der Waals surface area contributed by atoms with Crippen molar-refractivity contribution in [3.05, 3.63) is 81.8 Å². The van der Waals surface area contributed by atoms with Gasteiger partial charge in [-0.25, -0.2) is 13.9 Å². The summed E-state index contributed by atoms with van der Waals surface area (Å²) < 4.78 is 20.5. The Morgan fingerprint density at radius 1 is 1.29 bits per heavy atom. The lowest BCUT2D eigenvalue weighted by Crippen LogP contribution is -2.29. The van der Waals surface area contributed by atoms with Crippen molar-refractivity contribution in [2.24, 2.45) is 0 Å². The highest BCUT2D eigenvalue weighted by Gasteiger charge is 2.35. The summed E-state index contributed by atoms with van der Waals surface area (Å²) in [5, 5.41) is 9.00. The summed E-state index contributed by atoms with van der Waals surface area (Å²) in [6.45, 7) is 3.79. The van der Waals surface area contributed by atoms with Gasteiger partial charge in [-0.05, 0) is 49.2 Å². The molecule has 31 heavy (non-hydrogen) atoms. The SMILES string of the molecule is CCOC(=O)C1=C(C)Nc2nc(SCc3cccc(Cl)c3)nn2C1c1ccc(F)cc1. The van der Waals surface area contributed by atoms with Crippen molar-refractivity contribution in [1.29, 1.82) is 0 Å². The molecule has 0 saturated heterocycles. The van der Waals surface area contributed by atoms with Crippen LogP contribution in [-0.4, -0.2) is 27.3 Å². The molecule has 1 aliphatic rings. The summed E-state index contributed by atoms with van der Waals surface area (Å²) in [7, 11) is 0. The largest absolute Gasteiger partial charge is 0.463 e. The third kappa shape index (κ3) is 4.60. The maximum Gasteiger partial charge on any atom is 0.338 e. The average Bonchev–Trinajstić information content (AvgIpc) is 3.14. The Bertz CT molecular complexity index is 1150. The number of halogens is 2. The molecule has 1 aromatic heterocycles. The molecule has 4 rings (SSSR count). The smallest absolute Gasteiger partial charge is 0.338 e. The Labute approximate surface area is 188 Å². The molecule has 1 unspecified atom stereocenters. The van der Waals surface area contributed by atoms with Gasteiger partial charge >= 0.3 is 5.97 Å². The lowest BCUT2D eigenvalue weighted by molar-refractivity contribution is -0.139. The molecule has 0 saturated carbocycles. The number of hydrogen-bond donors (Lipinski definition) is 1. The van der Waals surface area contributed by atoms with Crippen molar-refractivity contribution in [3.8, 4) is 0 Å². The van der Waals surface area contributed by atoms with Crippen molar-refractivity contribution in [3.63, 3.8) is 0 Å². The Kier molecular flexibility index (Phi) is 6.29. The number of esters is 1. The molecular weight excluding hydrogens is 439 g/mol. The molecule has 160 valence electrons. The van der Waals surface area contributed by atoms with Gasteiger partial charge in [-0.1, -0.05) is 47.6 Å². The van der Waals surface area contributed by atoms with E-state index in [0.29, 0.717) is 38.7 Å². The van der Waals surface area contributed by atoms with Crippen LogP contribution in [0, 0.1) is 5.82 Å². The molecule has 0 aliphatic carbocycles. The number of carbonyl (C=O) groups is 1. The number of benzene rings is 2. The van der Waals surface area contributed by atoms with Crippen LogP contribution in [0.4, 0.5) is 10.3 Å². The monoisotopic (exact) mass is 458 g/mol. The van der Waals surface area contributed by atoms with E-state index >= 15 is 0 Å². The van der Waals surface area contributed by atoms with E-state index in [9.17, 15) is 9.18 Å². The second-order valence-electron chi connectivity index (χ2n) is 6.92. The van der Waals surface area contributed by atoms with Crippen LogP contribution in [0.1, 0.15) is 31.0 Å². The minimum Gasteiger partial charge on any atom is -0.463 e. The normalized spacial score (nSPS) is 15.4. The zero-order valence-corrected chi connectivity index (χ0v) is 18.5. The summed E-state index contributed by atoms with van der Waals surface area (Å²) in [4.78, 5) is 17.3. The summed E-state index contributed by atoms with van der Waals surface area (Å²) >= 11 is 7.52. The lowest BCUT2D eigenvalue weighted by atomic mass is 9.96. The van der Waals surface area contributed by atoms with Gasteiger partial charge < -0.3 is 10.1 Å². The number of hydrogen-bond acceptors (Lipinski definition) is 6. The molecule has 0 bridgehead atoms. The Morgan fingerprint density at radius 3 is 2.77 bits per heavy atom. The summed E-state index contributed by atoms with van der Waals surface area (Å²) in [5.74, 6) is 0.347. The minimum absolute atomic E-state index is 0.247. The highest BCUT2D eigenvalue weighted by molar-refractivity contribution is 7.98. The van der Waals surface area contributed by atoms with Gasteiger partial charge in [-0.15, -0.1) is 5.10 Å². The number of ether oxygens (including phenoxy) is 1. The van der Waals surface area contributed by atoms with Crippen LogP contribution in [0.25, 0.3) is 0 Å². The number of allylic oxidation sites excluding steroid dienone is 1. The van der Waals surface area contributed by atoms with E-state index < -0.39 is 12.0 Å². The van der Waals surface area contributed by atoms with Gasteiger partial charge in [-0.2, -0.15) is 4.98 Å². The van der Waals surface area contributed by atoms with Gasteiger partial charge in [0.15, 0.2) is 0 Å². The summed E-state index contributed by atoms with van der Waals surface area (Å²) in [5.41, 5.74) is 2.80.